The van der Waals surface area contributed by atoms with E-state index in [1.807, 2.05) is 12.1 Å². The molecule has 98 valence electrons. The van der Waals surface area contributed by atoms with Crippen LogP contribution in [0, 0.1) is 0 Å². The molecule has 0 unspecified atom stereocenters. The molecule has 2 aliphatic heterocycles. The quantitative estimate of drug-likeness (QED) is 0.816. The molecular formula is C13H17BrN2O2. The van der Waals surface area contributed by atoms with E-state index in [2.05, 4.69) is 32.2 Å². The molecule has 0 aliphatic carbocycles. The first-order valence-electron chi connectivity index (χ1n) is 6.31. The molecule has 0 spiro atoms. The third-order valence-electron chi connectivity index (χ3n) is 3.61. The van der Waals surface area contributed by atoms with Gasteiger partial charge < -0.3 is 15.2 Å². The first kappa shape index (κ1) is 12.4. The van der Waals surface area contributed by atoms with E-state index in [0.717, 1.165) is 42.0 Å². The van der Waals surface area contributed by atoms with E-state index in [9.17, 15) is 5.11 Å². The molecule has 1 aromatic carbocycles. The number of fused-ring (bicyclic) bond motifs is 1. The molecule has 5 heteroatoms. The Morgan fingerprint density at radius 2 is 2.11 bits per heavy atom. The van der Waals surface area contributed by atoms with Gasteiger partial charge in [-0.25, -0.2) is 0 Å². The lowest BCUT2D eigenvalue weighted by Gasteiger charge is -2.40. The molecule has 2 heterocycles. The normalized spacial score (nSPS) is 28.6. The molecule has 2 N–H and O–H groups in total. The van der Waals surface area contributed by atoms with Gasteiger partial charge in [-0.1, -0.05) is 15.9 Å². The predicted octanol–water partition coefficient (Wildman–Crippen LogP) is 1.15. The summed E-state index contributed by atoms with van der Waals surface area (Å²) in [5.41, 5.74) is 1.09. The van der Waals surface area contributed by atoms with Crippen molar-refractivity contribution in [2.45, 2.75) is 12.1 Å². The molecule has 2 aliphatic rings. The standard InChI is InChI=1S/C13H17BrN2O2/c14-9-1-2-12-10(7-9)13(11(17)8-18-12)16-5-3-15-4-6-16/h1-2,7,11,13,15,17H,3-6,8H2/t11-,13-/m0/s1. The zero-order chi connectivity index (χ0) is 12.5. The van der Waals surface area contributed by atoms with Crippen molar-refractivity contribution in [2.75, 3.05) is 32.8 Å². The first-order chi connectivity index (χ1) is 8.75. The van der Waals surface area contributed by atoms with Gasteiger partial charge in [-0.3, -0.25) is 4.90 Å². The highest BCUT2D eigenvalue weighted by Crippen LogP contribution is 2.37. The van der Waals surface area contributed by atoms with Gasteiger partial charge in [0.25, 0.3) is 0 Å². The Morgan fingerprint density at radius 3 is 2.89 bits per heavy atom. The maximum atomic E-state index is 10.3. The molecule has 1 saturated heterocycles. The van der Waals surface area contributed by atoms with E-state index < -0.39 is 6.10 Å². The van der Waals surface area contributed by atoms with Gasteiger partial charge >= 0.3 is 0 Å². The summed E-state index contributed by atoms with van der Waals surface area (Å²) in [7, 11) is 0. The molecule has 2 atom stereocenters. The molecule has 4 nitrogen and oxygen atoms in total. The fourth-order valence-corrected chi connectivity index (χ4v) is 3.13. The maximum absolute atomic E-state index is 10.3. The summed E-state index contributed by atoms with van der Waals surface area (Å²) in [4.78, 5) is 2.34. The van der Waals surface area contributed by atoms with Crippen LogP contribution in [0.4, 0.5) is 0 Å². The summed E-state index contributed by atoms with van der Waals surface area (Å²) in [5.74, 6) is 0.895. The van der Waals surface area contributed by atoms with Crippen LogP contribution in [-0.2, 0) is 0 Å². The van der Waals surface area contributed by atoms with Crippen LogP contribution in [0.5, 0.6) is 5.75 Å². The van der Waals surface area contributed by atoms with Gasteiger partial charge in [-0.05, 0) is 18.2 Å². The van der Waals surface area contributed by atoms with Crippen LogP contribution in [0.15, 0.2) is 22.7 Å². The molecule has 1 aromatic rings. The number of halogens is 1. The van der Waals surface area contributed by atoms with Gasteiger partial charge in [0.15, 0.2) is 0 Å². The number of benzene rings is 1. The highest BCUT2D eigenvalue weighted by atomic mass is 79.9. The van der Waals surface area contributed by atoms with Crippen molar-refractivity contribution in [2.24, 2.45) is 0 Å². The number of hydrogen-bond donors (Lipinski definition) is 2. The Morgan fingerprint density at radius 1 is 1.33 bits per heavy atom. The number of aliphatic hydroxyl groups excluding tert-OH is 1. The largest absolute Gasteiger partial charge is 0.490 e. The topological polar surface area (TPSA) is 44.7 Å². The molecule has 0 radical (unpaired) electrons. The second kappa shape index (κ2) is 5.17. The van der Waals surface area contributed by atoms with Crippen LogP contribution in [0.2, 0.25) is 0 Å². The van der Waals surface area contributed by atoms with Crippen molar-refractivity contribution in [3.05, 3.63) is 28.2 Å². The van der Waals surface area contributed by atoms with Crippen LogP contribution in [0.25, 0.3) is 0 Å². The van der Waals surface area contributed by atoms with Crippen LogP contribution in [-0.4, -0.2) is 48.9 Å². The number of piperazine rings is 1. The van der Waals surface area contributed by atoms with Crippen molar-refractivity contribution in [3.63, 3.8) is 0 Å². The summed E-state index contributed by atoms with van der Waals surface area (Å²) < 4.78 is 6.63. The average molecular weight is 313 g/mol. The van der Waals surface area contributed by atoms with Crippen molar-refractivity contribution >= 4 is 15.9 Å². The van der Waals surface area contributed by atoms with Crippen LogP contribution in [0.1, 0.15) is 11.6 Å². The van der Waals surface area contributed by atoms with Gasteiger partial charge in [0.1, 0.15) is 18.5 Å². The van der Waals surface area contributed by atoms with Crippen molar-refractivity contribution in [3.8, 4) is 5.75 Å². The Balaban J connectivity index is 1.95. The molecule has 0 aromatic heterocycles. The van der Waals surface area contributed by atoms with E-state index in [1.165, 1.54) is 0 Å². The molecular weight excluding hydrogens is 296 g/mol. The van der Waals surface area contributed by atoms with Crippen molar-refractivity contribution < 1.29 is 9.84 Å². The lowest BCUT2D eigenvalue weighted by Crippen LogP contribution is -2.50. The van der Waals surface area contributed by atoms with Gasteiger partial charge in [0.05, 0.1) is 6.04 Å². The van der Waals surface area contributed by atoms with Crippen LogP contribution < -0.4 is 10.1 Å². The van der Waals surface area contributed by atoms with Crippen LogP contribution >= 0.6 is 15.9 Å². The second-order valence-corrected chi connectivity index (χ2v) is 5.71. The van der Waals surface area contributed by atoms with Crippen molar-refractivity contribution in [1.29, 1.82) is 0 Å². The van der Waals surface area contributed by atoms with Crippen molar-refractivity contribution in [1.82, 2.24) is 10.2 Å². The minimum atomic E-state index is -0.454. The SMILES string of the molecule is O[C@H]1COc2ccc(Br)cc2[C@@H]1N1CCNCC1. The monoisotopic (exact) mass is 312 g/mol. The van der Waals surface area contributed by atoms with E-state index in [4.69, 9.17) is 4.74 Å². The van der Waals surface area contributed by atoms with E-state index in [1.54, 1.807) is 0 Å². The smallest absolute Gasteiger partial charge is 0.124 e. The Kier molecular flexibility index (Phi) is 3.56. The van der Waals surface area contributed by atoms with Gasteiger partial charge in [-0.2, -0.15) is 0 Å². The summed E-state index contributed by atoms with van der Waals surface area (Å²) >= 11 is 3.49. The summed E-state index contributed by atoms with van der Waals surface area (Å²) in [5, 5.41) is 13.6. The fraction of sp³-hybridized carbons (Fsp3) is 0.538. The predicted molar refractivity (Wildman–Crippen MR) is 72.8 cm³/mol. The number of nitrogens with one attached hydrogen (secondary N) is 1. The highest BCUT2D eigenvalue weighted by molar-refractivity contribution is 9.10. The molecule has 0 bridgehead atoms. The Labute approximate surface area is 115 Å². The molecule has 0 saturated carbocycles. The third-order valence-corrected chi connectivity index (χ3v) is 4.10. The Hall–Kier alpha value is -0.620. The lowest BCUT2D eigenvalue weighted by molar-refractivity contribution is -0.00422. The Bertz CT molecular complexity index is 435. The summed E-state index contributed by atoms with van der Waals surface area (Å²) in [6, 6.07) is 6.06. The number of nitrogens with zero attached hydrogens (tertiary/aromatic N) is 1. The van der Waals surface area contributed by atoms with E-state index in [-0.39, 0.29) is 6.04 Å². The number of ether oxygens (including phenoxy) is 1. The summed E-state index contributed by atoms with van der Waals surface area (Å²) in [6.07, 6.45) is -0.454. The zero-order valence-corrected chi connectivity index (χ0v) is 11.7. The molecule has 3 rings (SSSR count). The minimum absolute atomic E-state index is 0.0494. The maximum Gasteiger partial charge on any atom is 0.124 e. The second-order valence-electron chi connectivity index (χ2n) is 4.79. The van der Waals surface area contributed by atoms with Crippen LogP contribution in [0.3, 0.4) is 0 Å². The lowest BCUT2D eigenvalue weighted by atomic mass is 9.96. The number of aliphatic hydroxyl groups is 1. The third kappa shape index (κ3) is 2.28. The van der Waals surface area contributed by atoms with Gasteiger partial charge in [-0.15, -0.1) is 0 Å². The first-order valence-corrected chi connectivity index (χ1v) is 7.10. The van der Waals surface area contributed by atoms with Gasteiger partial charge in [0, 0.05) is 36.2 Å². The van der Waals surface area contributed by atoms with Gasteiger partial charge in [0.2, 0.25) is 0 Å². The van der Waals surface area contributed by atoms with E-state index in [0.29, 0.717) is 6.61 Å². The number of rotatable bonds is 1. The highest BCUT2D eigenvalue weighted by Gasteiger charge is 2.34. The summed E-state index contributed by atoms with van der Waals surface area (Å²) in [6.45, 7) is 4.27. The zero-order valence-electron chi connectivity index (χ0n) is 10.1. The molecule has 18 heavy (non-hydrogen) atoms. The number of hydrogen-bond acceptors (Lipinski definition) is 4. The minimum Gasteiger partial charge on any atom is -0.490 e. The molecule has 1 fully saturated rings. The van der Waals surface area contributed by atoms with E-state index >= 15 is 0 Å². The molecule has 0 amide bonds. The average Bonchev–Trinajstić information content (AvgIpc) is 2.39. The fourth-order valence-electron chi connectivity index (χ4n) is 2.76.